The zero-order valence-electron chi connectivity index (χ0n) is 17.1. The lowest BCUT2D eigenvalue weighted by molar-refractivity contribution is -0.124. The Bertz CT molecular complexity index is 1110. The van der Waals surface area contributed by atoms with Crippen molar-refractivity contribution in [1.29, 1.82) is 0 Å². The molecule has 6 nitrogen and oxygen atoms in total. The fourth-order valence-corrected chi connectivity index (χ4v) is 5.93. The predicted octanol–water partition coefficient (Wildman–Crippen LogP) is 2.67. The van der Waals surface area contributed by atoms with E-state index in [0.29, 0.717) is 26.2 Å². The molecule has 160 valence electrons. The van der Waals surface area contributed by atoms with E-state index in [2.05, 4.69) is 15.2 Å². The number of rotatable bonds is 7. The highest BCUT2D eigenvalue weighted by Crippen LogP contribution is 2.30. The fraction of sp³-hybridized carbons (Fsp3) is 0.250. The summed E-state index contributed by atoms with van der Waals surface area (Å²) in [4.78, 5) is 19.4. The molecular formula is C24H25N3O3S. The lowest BCUT2D eigenvalue weighted by Crippen LogP contribution is -2.40. The van der Waals surface area contributed by atoms with Crippen LogP contribution in [0.1, 0.15) is 11.1 Å². The van der Waals surface area contributed by atoms with Gasteiger partial charge in [0.05, 0.1) is 16.1 Å². The summed E-state index contributed by atoms with van der Waals surface area (Å²) < 4.78 is 26.8. The summed E-state index contributed by atoms with van der Waals surface area (Å²) >= 11 is 0. The Morgan fingerprint density at radius 2 is 1.55 bits per heavy atom. The van der Waals surface area contributed by atoms with Crippen LogP contribution < -0.4 is 5.32 Å². The van der Waals surface area contributed by atoms with Crippen molar-refractivity contribution in [1.82, 2.24) is 15.2 Å². The second-order valence-electron chi connectivity index (χ2n) is 7.76. The minimum atomic E-state index is -3.65. The van der Waals surface area contributed by atoms with Gasteiger partial charge in [0.2, 0.25) is 5.91 Å². The molecule has 1 fully saturated rings. The van der Waals surface area contributed by atoms with E-state index >= 15 is 0 Å². The van der Waals surface area contributed by atoms with E-state index in [4.69, 9.17) is 0 Å². The number of nitrogens with zero attached hydrogens (tertiary/aromatic N) is 2. The van der Waals surface area contributed by atoms with Crippen molar-refractivity contribution in [2.45, 2.75) is 23.2 Å². The van der Waals surface area contributed by atoms with Crippen LogP contribution in [0.4, 0.5) is 0 Å². The Hall–Kier alpha value is -3.03. The first kappa shape index (κ1) is 21.2. The van der Waals surface area contributed by atoms with Crippen LogP contribution in [-0.2, 0) is 27.7 Å². The molecule has 0 bridgehead atoms. The Kier molecular flexibility index (Phi) is 6.44. The molecule has 0 aliphatic carbocycles. The average molecular weight is 436 g/mol. The number of hydrogen-bond acceptors (Lipinski definition) is 5. The van der Waals surface area contributed by atoms with Crippen LogP contribution in [0.25, 0.3) is 0 Å². The zero-order chi connectivity index (χ0) is 21.7. The largest absolute Gasteiger partial charge is 0.352 e. The van der Waals surface area contributed by atoms with Gasteiger partial charge in [-0.25, -0.2) is 8.42 Å². The zero-order valence-corrected chi connectivity index (χ0v) is 17.9. The van der Waals surface area contributed by atoms with Gasteiger partial charge in [0.15, 0.2) is 9.84 Å². The molecule has 31 heavy (non-hydrogen) atoms. The monoisotopic (exact) mass is 435 g/mol. The van der Waals surface area contributed by atoms with Crippen LogP contribution in [0.5, 0.6) is 0 Å². The Morgan fingerprint density at radius 3 is 2.23 bits per heavy atom. The highest BCUT2D eigenvalue weighted by atomic mass is 32.2. The third-order valence-electron chi connectivity index (χ3n) is 5.61. The molecule has 0 spiro atoms. The number of aromatic nitrogens is 1. The molecule has 7 heteroatoms. The number of amides is 1. The maximum atomic E-state index is 13.4. The van der Waals surface area contributed by atoms with E-state index < -0.39 is 21.0 Å². The highest BCUT2D eigenvalue weighted by Gasteiger charge is 2.45. The normalized spacial score (nSPS) is 19.2. The summed E-state index contributed by atoms with van der Waals surface area (Å²) in [5.41, 5.74) is 2.01. The number of hydrogen-bond donors (Lipinski definition) is 1. The number of sulfone groups is 1. The van der Waals surface area contributed by atoms with Gasteiger partial charge in [0.1, 0.15) is 0 Å². The smallest absolute Gasteiger partial charge is 0.226 e. The fourth-order valence-electron chi connectivity index (χ4n) is 3.99. The van der Waals surface area contributed by atoms with E-state index in [1.54, 1.807) is 42.7 Å². The first-order valence-corrected chi connectivity index (χ1v) is 11.8. The van der Waals surface area contributed by atoms with E-state index in [-0.39, 0.29) is 10.8 Å². The Balaban J connectivity index is 1.55. The van der Waals surface area contributed by atoms with Crippen LogP contribution in [0.15, 0.2) is 90.1 Å². The number of benzene rings is 2. The molecule has 1 aromatic heterocycles. The van der Waals surface area contributed by atoms with Crippen molar-refractivity contribution in [3.05, 3.63) is 96.3 Å². The summed E-state index contributed by atoms with van der Waals surface area (Å²) in [6.07, 6.45) is 3.34. The third-order valence-corrected chi connectivity index (χ3v) is 7.82. The molecule has 1 amide bonds. The van der Waals surface area contributed by atoms with Crippen LogP contribution in [0.2, 0.25) is 0 Å². The SMILES string of the molecule is O=C(NCc1ccncc1)[C@@H]1CN(Cc2ccccc2)C[C@H]1S(=O)(=O)c1ccccc1. The number of pyridine rings is 1. The summed E-state index contributed by atoms with van der Waals surface area (Å²) in [6.45, 7) is 1.66. The summed E-state index contributed by atoms with van der Waals surface area (Å²) in [7, 11) is -3.65. The first-order chi connectivity index (χ1) is 15.0. The quantitative estimate of drug-likeness (QED) is 0.617. The number of likely N-dealkylation sites (tertiary alicyclic amines) is 1. The van der Waals surface area contributed by atoms with Crippen molar-refractivity contribution in [3.63, 3.8) is 0 Å². The van der Waals surface area contributed by atoms with Crippen molar-refractivity contribution < 1.29 is 13.2 Å². The molecule has 1 aliphatic rings. The molecule has 2 atom stereocenters. The minimum Gasteiger partial charge on any atom is -0.352 e. The highest BCUT2D eigenvalue weighted by molar-refractivity contribution is 7.92. The molecular weight excluding hydrogens is 410 g/mol. The Morgan fingerprint density at radius 1 is 0.903 bits per heavy atom. The summed E-state index contributed by atoms with van der Waals surface area (Å²) in [5.74, 6) is -0.882. The van der Waals surface area contributed by atoms with Crippen molar-refractivity contribution >= 4 is 15.7 Å². The summed E-state index contributed by atoms with van der Waals surface area (Å²) in [6, 6.07) is 22.0. The second-order valence-corrected chi connectivity index (χ2v) is 9.92. The standard InChI is InChI=1S/C24H25N3O3S/c28-24(26-15-19-11-13-25-14-12-19)22-17-27(16-20-7-3-1-4-8-20)18-23(22)31(29,30)21-9-5-2-6-10-21/h1-14,22-23H,15-18H2,(H,26,28)/t22-,23-/m1/s1. The molecule has 1 aliphatic heterocycles. The van der Waals surface area contributed by atoms with Gasteiger partial charge >= 0.3 is 0 Å². The molecule has 2 heterocycles. The van der Waals surface area contributed by atoms with Crippen molar-refractivity contribution in [2.24, 2.45) is 5.92 Å². The minimum absolute atomic E-state index is 0.239. The lowest BCUT2D eigenvalue weighted by atomic mass is 10.1. The van der Waals surface area contributed by atoms with Gasteiger partial charge in [-0.3, -0.25) is 14.7 Å². The lowest BCUT2D eigenvalue weighted by Gasteiger charge is -2.18. The molecule has 0 radical (unpaired) electrons. The topological polar surface area (TPSA) is 79.4 Å². The number of nitrogens with one attached hydrogen (secondary N) is 1. The van der Waals surface area contributed by atoms with Gasteiger partial charge in [-0.2, -0.15) is 0 Å². The van der Waals surface area contributed by atoms with Crippen LogP contribution >= 0.6 is 0 Å². The second kappa shape index (κ2) is 9.41. The number of carbonyl (C=O) groups is 1. The van der Waals surface area contributed by atoms with E-state index in [0.717, 1.165) is 11.1 Å². The van der Waals surface area contributed by atoms with Crippen LogP contribution in [-0.4, -0.2) is 42.5 Å². The molecule has 4 rings (SSSR count). The van der Waals surface area contributed by atoms with Gasteiger partial charge < -0.3 is 5.32 Å². The number of carbonyl (C=O) groups excluding carboxylic acids is 1. The summed E-state index contributed by atoms with van der Waals surface area (Å²) in [5, 5.41) is 2.13. The van der Waals surface area contributed by atoms with Crippen LogP contribution in [0, 0.1) is 5.92 Å². The van der Waals surface area contributed by atoms with Gasteiger partial charge in [-0.15, -0.1) is 0 Å². The predicted molar refractivity (Wildman–Crippen MR) is 119 cm³/mol. The molecule has 2 aromatic carbocycles. The molecule has 0 saturated carbocycles. The van der Waals surface area contributed by atoms with E-state index in [1.165, 1.54) is 0 Å². The first-order valence-electron chi connectivity index (χ1n) is 10.3. The van der Waals surface area contributed by atoms with Gasteiger partial charge in [0, 0.05) is 38.6 Å². The third kappa shape index (κ3) is 5.00. The van der Waals surface area contributed by atoms with Crippen molar-refractivity contribution in [2.75, 3.05) is 13.1 Å². The Labute approximate surface area is 182 Å². The van der Waals surface area contributed by atoms with E-state index in [9.17, 15) is 13.2 Å². The van der Waals surface area contributed by atoms with Gasteiger partial charge in [-0.05, 0) is 35.4 Å². The van der Waals surface area contributed by atoms with Crippen molar-refractivity contribution in [3.8, 4) is 0 Å². The van der Waals surface area contributed by atoms with Gasteiger partial charge in [0.25, 0.3) is 0 Å². The maximum absolute atomic E-state index is 13.4. The molecule has 1 N–H and O–H groups in total. The average Bonchev–Trinajstić information content (AvgIpc) is 3.24. The van der Waals surface area contributed by atoms with Gasteiger partial charge in [-0.1, -0.05) is 48.5 Å². The van der Waals surface area contributed by atoms with E-state index in [1.807, 2.05) is 42.5 Å². The molecule has 3 aromatic rings. The molecule has 1 saturated heterocycles. The molecule has 0 unspecified atom stereocenters. The van der Waals surface area contributed by atoms with Crippen LogP contribution in [0.3, 0.4) is 0 Å². The maximum Gasteiger partial charge on any atom is 0.226 e.